The van der Waals surface area contributed by atoms with E-state index in [0.29, 0.717) is 18.2 Å². The van der Waals surface area contributed by atoms with Gasteiger partial charge in [-0.25, -0.2) is 4.98 Å². The Kier molecular flexibility index (Phi) is 14.1. The number of hydrogen-bond acceptors (Lipinski definition) is 11. The lowest BCUT2D eigenvalue weighted by atomic mass is 9.49. The molecule has 0 saturated carbocycles. The van der Waals surface area contributed by atoms with Crippen LogP contribution in [-0.2, 0) is 32.8 Å². The molecule has 11 rings (SSSR count). The quantitative estimate of drug-likeness (QED) is 0.136. The Morgan fingerprint density at radius 1 is 0.456 bits per heavy atom. The number of ether oxygens (including phenoxy) is 1. The van der Waals surface area contributed by atoms with Gasteiger partial charge in [-0.2, -0.15) is 0 Å². The Labute approximate surface area is 469 Å². The molecule has 79 heavy (non-hydrogen) atoms. The first-order valence-corrected chi connectivity index (χ1v) is 27.7. The Morgan fingerprint density at radius 3 is 1.57 bits per heavy atom. The van der Waals surface area contributed by atoms with Gasteiger partial charge in [0.1, 0.15) is 24.0 Å². The summed E-state index contributed by atoms with van der Waals surface area (Å²) in [6.45, 7) is 32.7. The average Bonchev–Trinajstić information content (AvgIpc) is 4.22. The molecule has 0 unspecified atom stereocenters. The molecule has 18 heteroatoms. The molecule has 0 amide bonds. The summed E-state index contributed by atoms with van der Waals surface area (Å²) in [5, 5.41) is 0.888. The maximum absolute atomic E-state index is 6.83. The average molecular weight is 1050 g/mol. The highest BCUT2D eigenvalue weighted by Crippen LogP contribution is 2.46. The van der Waals surface area contributed by atoms with Crippen LogP contribution in [0.5, 0.6) is 11.5 Å². The number of rotatable bonds is 8. The van der Waals surface area contributed by atoms with Crippen molar-refractivity contribution in [1.29, 1.82) is 0 Å². The van der Waals surface area contributed by atoms with Crippen molar-refractivity contribution < 1.29 is 32.2 Å². The van der Waals surface area contributed by atoms with E-state index in [4.69, 9.17) is 42.1 Å². The molecule has 0 N–H and O–H groups in total. The molecule has 2 fully saturated rings. The number of pyridine rings is 2. The van der Waals surface area contributed by atoms with Gasteiger partial charge in [0.05, 0.1) is 40.5 Å². The summed E-state index contributed by atoms with van der Waals surface area (Å²) in [5.41, 5.74) is 10.9. The number of aromatic nitrogens is 3. The van der Waals surface area contributed by atoms with E-state index >= 15 is 0 Å². The van der Waals surface area contributed by atoms with Gasteiger partial charge in [0.15, 0.2) is 0 Å². The molecule has 0 bridgehead atoms. The fourth-order valence-electron chi connectivity index (χ4n) is 10.4. The van der Waals surface area contributed by atoms with Gasteiger partial charge in [0.2, 0.25) is 0 Å². The molecular formula is C61H71B6N5O7. The van der Waals surface area contributed by atoms with Crippen molar-refractivity contribution in [3.63, 3.8) is 0 Å². The molecule has 3 aromatic heterocycles. The molecule has 0 atom stereocenters. The minimum atomic E-state index is -0.762. The van der Waals surface area contributed by atoms with E-state index in [1.54, 1.807) is 6.20 Å². The van der Waals surface area contributed by atoms with Crippen LogP contribution < -0.4 is 25.5 Å². The first kappa shape index (κ1) is 54.7. The van der Waals surface area contributed by atoms with Crippen LogP contribution in [0.15, 0.2) is 146 Å². The van der Waals surface area contributed by atoms with Crippen molar-refractivity contribution in [2.24, 2.45) is 0 Å². The first-order chi connectivity index (χ1) is 37.3. The number of fused-ring (bicyclic) bond motifs is 4. The molecule has 5 aromatic carbocycles. The Hall–Kier alpha value is -6.25. The SMILES string of the molecule is CC(C)(C)B1OB(c2cc(B3OB(C(C)(C)C)OB(C(C)(C)C)O3)cc(N3CN(c4cncc(Oc5ccc6c7cc(-c8ccccc8)ccc7n(-c7cc(C(C)(C)C)ccn7)c6c5)c4)c4ccccc43)c2)OB(C(C)(C)C)O1. The van der Waals surface area contributed by atoms with E-state index in [0.717, 1.165) is 72.4 Å². The van der Waals surface area contributed by atoms with Gasteiger partial charge >= 0.3 is 42.7 Å². The van der Waals surface area contributed by atoms with Crippen molar-refractivity contribution in [2.45, 2.75) is 131 Å². The highest BCUT2D eigenvalue weighted by Gasteiger charge is 2.53. The zero-order valence-corrected chi connectivity index (χ0v) is 48.6. The number of hydrogen-bond donors (Lipinski definition) is 0. The van der Waals surface area contributed by atoms with Crippen molar-refractivity contribution in [1.82, 2.24) is 14.5 Å². The van der Waals surface area contributed by atoms with E-state index in [-0.39, 0.29) is 26.7 Å². The molecule has 8 aromatic rings. The summed E-state index contributed by atoms with van der Waals surface area (Å²) in [4.78, 5) is 14.3. The van der Waals surface area contributed by atoms with Crippen LogP contribution in [0.25, 0.3) is 38.8 Å². The fraction of sp³-hybridized carbons (Fsp3) is 0.344. The van der Waals surface area contributed by atoms with Gasteiger partial charge in [-0.15, -0.1) is 0 Å². The van der Waals surface area contributed by atoms with Crippen LogP contribution in [0, 0.1) is 0 Å². The number of nitrogens with zero attached hydrogens (tertiary/aromatic N) is 5. The van der Waals surface area contributed by atoms with Gasteiger partial charge in [-0.05, 0) is 115 Å². The molecule has 3 aliphatic rings. The number of benzene rings is 5. The van der Waals surface area contributed by atoms with Crippen molar-refractivity contribution in [3.8, 4) is 28.4 Å². The molecule has 3 aliphatic heterocycles. The van der Waals surface area contributed by atoms with E-state index in [2.05, 4.69) is 240 Å². The molecule has 0 aliphatic carbocycles. The summed E-state index contributed by atoms with van der Waals surface area (Å²) in [5.74, 6) is 2.13. The van der Waals surface area contributed by atoms with E-state index < -0.39 is 42.7 Å². The summed E-state index contributed by atoms with van der Waals surface area (Å²) in [6, 6.07) is 44.7. The second kappa shape index (κ2) is 20.4. The van der Waals surface area contributed by atoms with Gasteiger partial charge < -0.3 is 42.0 Å². The van der Waals surface area contributed by atoms with E-state index in [9.17, 15) is 0 Å². The molecule has 0 radical (unpaired) electrons. The first-order valence-electron chi connectivity index (χ1n) is 27.7. The maximum Gasteiger partial charge on any atom is 0.466 e. The topological polar surface area (TPSA) is 102 Å². The monoisotopic (exact) mass is 1050 g/mol. The number of anilines is 4. The molecule has 2 saturated heterocycles. The molecule has 400 valence electrons. The third kappa shape index (κ3) is 11.2. The lowest BCUT2D eigenvalue weighted by Gasteiger charge is -2.42. The lowest BCUT2D eigenvalue weighted by molar-refractivity contribution is 0.250. The van der Waals surface area contributed by atoms with E-state index in [1.807, 2.05) is 18.5 Å². The van der Waals surface area contributed by atoms with Crippen molar-refractivity contribution in [2.75, 3.05) is 16.5 Å². The van der Waals surface area contributed by atoms with Crippen LogP contribution in [-0.4, -0.2) is 63.9 Å². The predicted molar refractivity (Wildman–Crippen MR) is 328 cm³/mol. The normalized spacial score (nSPS) is 16.0. The molecule has 0 spiro atoms. The van der Waals surface area contributed by atoms with Gasteiger partial charge in [-0.1, -0.05) is 158 Å². The van der Waals surface area contributed by atoms with Gasteiger partial charge in [0, 0.05) is 34.8 Å². The van der Waals surface area contributed by atoms with Crippen LogP contribution in [0.1, 0.15) is 109 Å². The van der Waals surface area contributed by atoms with Crippen LogP contribution in [0.2, 0.25) is 21.3 Å². The number of para-hydroxylation sites is 2. The zero-order valence-electron chi connectivity index (χ0n) is 48.6. The zero-order chi connectivity index (χ0) is 56.0. The predicted octanol–water partition coefficient (Wildman–Crippen LogP) is 14.2. The standard InChI is InChI=1S/C61H71B6N5O7/c1-57(2,3)43-29-30-69-56(32-43)72-52-28-25-42(41-21-17-16-18-22-41)31-51(52)50-27-26-48(37-55(50)72)73-49-36-47(38-68-39-49)71-40-70(53-23-19-20-24-54(53)71)46-34-44(62-74-64(58(4,5)6)78-65(75-62)59(7,8)9)33-45(35-46)63-76-66(60(10,11)12)79-67(77-63)61(13,14)15/h16-39H,40H2,1-15H3. The fourth-order valence-corrected chi connectivity index (χ4v) is 10.4. The summed E-state index contributed by atoms with van der Waals surface area (Å²) in [7, 11) is -3.69. The summed E-state index contributed by atoms with van der Waals surface area (Å²) >= 11 is 0. The second-order valence-corrected chi connectivity index (χ2v) is 26.9. The molecular weight excluding hydrogens is 980 g/mol. The Morgan fingerprint density at radius 2 is 1.01 bits per heavy atom. The largest absolute Gasteiger partial charge is 0.466 e. The van der Waals surface area contributed by atoms with Crippen molar-refractivity contribution in [3.05, 3.63) is 152 Å². The minimum absolute atomic E-state index is 0.0646. The van der Waals surface area contributed by atoms with Crippen LogP contribution >= 0.6 is 0 Å². The smallest absolute Gasteiger partial charge is 0.456 e. The van der Waals surface area contributed by atoms with Crippen molar-refractivity contribution >= 4 is 98.2 Å². The van der Waals surface area contributed by atoms with Gasteiger partial charge in [0.25, 0.3) is 0 Å². The van der Waals surface area contributed by atoms with E-state index in [1.165, 1.54) is 5.56 Å². The summed E-state index contributed by atoms with van der Waals surface area (Å²) in [6.07, 6.45) is 5.57. The third-order valence-electron chi connectivity index (χ3n) is 14.8. The lowest BCUT2D eigenvalue weighted by Crippen LogP contribution is -2.61. The highest BCUT2D eigenvalue weighted by molar-refractivity contribution is 6.83. The van der Waals surface area contributed by atoms with Crippen LogP contribution in [0.3, 0.4) is 0 Å². The highest BCUT2D eigenvalue weighted by atomic mass is 16.7. The Bertz CT molecular complexity index is 3440. The van der Waals surface area contributed by atoms with Crippen LogP contribution in [0.4, 0.5) is 22.7 Å². The molecule has 12 nitrogen and oxygen atoms in total. The van der Waals surface area contributed by atoms with Gasteiger partial charge in [-0.3, -0.25) is 9.55 Å². The third-order valence-corrected chi connectivity index (χ3v) is 14.8. The minimum Gasteiger partial charge on any atom is -0.456 e. The molecule has 6 heterocycles. The Balaban J connectivity index is 0.963. The summed E-state index contributed by atoms with van der Waals surface area (Å²) < 4.78 is 49.3. The second-order valence-electron chi connectivity index (χ2n) is 26.9. The maximum atomic E-state index is 6.83.